The van der Waals surface area contributed by atoms with Crippen molar-refractivity contribution in [3.8, 4) is 0 Å². The molecule has 0 unspecified atom stereocenters. The van der Waals surface area contributed by atoms with Crippen LogP contribution in [0.4, 0.5) is 0 Å². The van der Waals surface area contributed by atoms with Gasteiger partial charge in [-0.2, -0.15) is 0 Å². The number of aryl methyl sites for hydroxylation is 2. The average molecular weight is 381 g/mol. The third-order valence-electron chi connectivity index (χ3n) is 4.90. The number of Topliss-reactive ketones (excluding diaryl/α,β-unsaturated/α-hetero) is 2. The van der Waals surface area contributed by atoms with Gasteiger partial charge in [0, 0.05) is 22.2 Å². The number of fused-ring (bicyclic) bond motifs is 1. The van der Waals surface area contributed by atoms with Crippen LogP contribution in [0.15, 0.2) is 28.9 Å². The van der Waals surface area contributed by atoms with Gasteiger partial charge >= 0.3 is 5.97 Å². The van der Waals surface area contributed by atoms with Crippen molar-refractivity contribution in [3.63, 3.8) is 0 Å². The van der Waals surface area contributed by atoms with E-state index in [-0.39, 0.29) is 24.6 Å². The summed E-state index contributed by atoms with van der Waals surface area (Å²) < 4.78 is 10.7. The number of hydrogen-bond donors (Lipinski definition) is 1. The van der Waals surface area contributed by atoms with Crippen molar-refractivity contribution in [2.75, 3.05) is 6.61 Å². The van der Waals surface area contributed by atoms with Gasteiger partial charge in [-0.15, -0.1) is 0 Å². The molecule has 2 aromatic heterocycles. The Kier molecular flexibility index (Phi) is 5.49. The SMILES string of the molecule is CCc1ccc2c(CC(=O)OCC(=O)c3[nH]c(C)c(C(C)=O)c3C)coc2c1. The number of ether oxygens (including phenoxy) is 1. The number of hydrogen-bond acceptors (Lipinski definition) is 5. The molecule has 0 spiro atoms. The number of carbonyl (C=O) groups excluding carboxylic acids is 3. The summed E-state index contributed by atoms with van der Waals surface area (Å²) in [5, 5.41) is 0.863. The number of aromatic nitrogens is 1. The van der Waals surface area contributed by atoms with Crippen molar-refractivity contribution in [1.29, 1.82) is 0 Å². The largest absolute Gasteiger partial charge is 0.464 e. The van der Waals surface area contributed by atoms with E-state index in [0.717, 1.165) is 28.5 Å². The minimum absolute atomic E-state index is 0.0210. The van der Waals surface area contributed by atoms with Gasteiger partial charge in [-0.1, -0.05) is 19.1 Å². The monoisotopic (exact) mass is 381 g/mol. The van der Waals surface area contributed by atoms with E-state index in [9.17, 15) is 14.4 Å². The molecule has 6 heteroatoms. The van der Waals surface area contributed by atoms with Crippen LogP contribution in [0.25, 0.3) is 11.0 Å². The first-order valence-corrected chi connectivity index (χ1v) is 9.19. The first kappa shape index (κ1) is 19.6. The fourth-order valence-corrected chi connectivity index (χ4v) is 3.47. The zero-order chi connectivity index (χ0) is 20.4. The highest BCUT2D eigenvalue weighted by molar-refractivity contribution is 6.04. The maximum atomic E-state index is 12.4. The van der Waals surface area contributed by atoms with E-state index in [1.54, 1.807) is 20.1 Å². The Morgan fingerprint density at radius 1 is 1.18 bits per heavy atom. The highest BCUT2D eigenvalue weighted by atomic mass is 16.5. The Bertz CT molecular complexity index is 1070. The molecule has 0 atom stereocenters. The molecular weight excluding hydrogens is 358 g/mol. The van der Waals surface area contributed by atoms with E-state index in [2.05, 4.69) is 11.9 Å². The van der Waals surface area contributed by atoms with E-state index in [1.807, 2.05) is 18.2 Å². The number of nitrogens with one attached hydrogen (secondary N) is 1. The Balaban J connectivity index is 1.66. The van der Waals surface area contributed by atoms with Gasteiger partial charge in [0.05, 0.1) is 18.4 Å². The van der Waals surface area contributed by atoms with E-state index < -0.39 is 5.97 Å². The molecule has 0 aliphatic carbocycles. The van der Waals surface area contributed by atoms with Gasteiger partial charge in [-0.25, -0.2) is 0 Å². The molecule has 0 aliphatic heterocycles. The summed E-state index contributed by atoms with van der Waals surface area (Å²) in [5.74, 6) is -0.991. The Labute approximate surface area is 162 Å². The summed E-state index contributed by atoms with van der Waals surface area (Å²) in [6.07, 6.45) is 2.47. The normalized spacial score (nSPS) is 11.0. The van der Waals surface area contributed by atoms with E-state index >= 15 is 0 Å². The van der Waals surface area contributed by atoms with Crippen molar-refractivity contribution in [1.82, 2.24) is 4.98 Å². The van der Waals surface area contributed by atoms with Crippen LogP contribution in [-0.2, 0) is 22.4 Å². The number of furan rings is 1. The van der Waals surface area contributed by atoms with Crippen LogP contribution in [0.5, 0.6) is 0 Å². The van der Waals surface area contributed by atoms with Gasteiger partial charge < -0.3 is 14.1 Å². The quantitative estimate of drug-likeness (QED) is 0.491. The van der Waals surface area contributed by atoms with Crippen molar-refractivity contribution in [2.24, 2.45) is 0 Å². The van der Waals surface area contributed by atoms with Gasteiger partial charge in [0.1, 0.15) is 5.58 Å². The molecule has 0 saturated heterocycles. The minimum Gasteiger partial charge on any atom is -0.464 e. The van der Waals surface area contributed by atoms with Gasteiger partial charge in [0.2, 0.25) is 5.78 Å². The molecule has 0 radical (unpaired) electrons. The molecule has 0 amide bonds. The van der Waals surface area contributed by atoms with Crippen molar-refractivity contribution >= 4 is 28.5 Å². The number of aromatic amines is 1. The van der Waals surface area contributed by atoms with Crippen LogP contribution in [0.3, 0.4) is 0 Å². The van der Waals surface area contributed by atoms with Crippen molar-refractivity contribution in [3.05, 3.63) is 58.1 Å². The molecule has 146 valence electrons. The molecule has 2 heterocycles. The molecule has 28 heavy (non-hydrogen) atoms. The topological polar surface area (TPSA) is 89.4 Å². The Morgan fingerprint density at radius 3 is 2.57 bits per heavy atom. The Morgan fingerprint density at radius 2 is 1.93 bits per heavy atom. The molecule has 3 aromatic rings. The second-order valence-corrected chi connectivity index (χ2v) is 6.89. The van der Waals surface area contributed by atoms with E-state index in [4.69, 9.17) is 9.15 Å². The highest BCUT2D eigenvalue weighted by Gasteiger charge is 2.21. The lowest BCUT2D eigenvalue weighted by Gasteiger charge is -2.04. The summed E-state index contributed by atoms with van der Waals surface area (Å²) in [5.41, 5.74) is 4.63. The molecule has 3 rings (SSSR count). The number of rotatable bonds is 7. The molecule has 0 aliphatic rings. The predicted molar refractivity (Wildman–Crippen MR) is 105 cm³/mol. The van der Waals surface area contributed by atoms with E-state index in [0.29, 0.717) is 22.5 Å². The lowest BCUT2D eigenvalue weighted by molar-refractivity contribution is -0.141. The lowest BCUT2D eigenvalue weighted by Crippen LogP contribution is -2.16. The second kappa shape index (κ2) is 7.84. The van der Waals surface area contributed by atoms with Crippen LogP contribution in [0.1, 0.15) is 57.1 Å². The smallest absolute Gasteiger partial charge is 0.310 e. The molecule has 6 nitrogen and oxygen atoms in total. The summed E-state index contributed by atoms with van der Waals surface area (Å²) in [6.45, 7) is 6.58. The average Bonchev–Trinajstić information content (AvgIpc) is 3.19. The molecular formula is C22H23NO5. The Hall–Kier alpha value is -3.15. The first-order valence-electron chi connectivity index (χ1n) is 9.19. The number of H-pyrrole nitrogens is 1. The fourth-order valence-electron chi connectivity index (χ4n) is 3.47. The van der Waals surface area contributed by atoms with Gasteiger partial charge in [-0.3, -0.25) is 14.4 Å². The molecule has 0 saturated carbocycles. The van der Waals surface area contributed by atoms with Crippen LogP contribution in [0.2, 0.25) is 0 Å². The number of carbonyl (C=O) groups is 3. The van der Waals surface area contributed by atoms with E-state index in [1.165, 1.54) is 6.92 Å². The maximum absolute atomic E-state index is 12.4. The minimum atomic E-state index is -0.511. The second-order valence-electron chi connectivity index (χ2n) is 6.89. The van der Waals surface area contributed by atoms with Crippen LogP contribution >= 0.6 is 0 Å². The lowest BCUT2D eigenvalue weighted by atomic mass is 10.1. The van der Waals surface area contributed by atoms with Crippen molar-refractivity contribution < 1.29 is 23.5 Å². The third kappa shape index (κ3) is 3.76. The highest BCUT2D eigenvalue weighted by Crippen LogP contribution is 2.24. The van der Waals surface area contributed by atoms with Crippen LogP contribution in [0, 0.1) is 13.8 Å². The van der Waals surface area contributed by atoms with Crippen LogP contribution in [-0.4, -0.2) is 29.1 Å². The van der Waals surface area contributed by atoms with Gasteiger partial charge in [0.25, 0.3) is 0 Å². The van der Waals surface area contributed by atoms with Gasteiger partial charge in [0.15, 0.2) is 12.4 Å². The standard InChI is InChI=1S/C22H23NO5/c1-5-15-6-7-17-16(10-27-19(17)8-15)9-20(26)28-11-18(25)22-12(2)21(14(4)24)13(3)23-22/h6-8,10,23H,5,9,11H2,1-4H3. The number of esters is 1. The zero-order valence-corrected chi connectivity index (χ0v) is 16.5. The zero-order valence-electron chi connectivity index (χ0n) is 16.5. The molecule has 1 aromatic carbocycles. The predicted octanol–water partition coefficient (Wildman–Crippen LogP) is 4.11. The third-order valence-corrected chi connectivity index (χ3v) is 4.90. The maximum Gasteiger partial charge on any atom is 0.310 e. The molecule has 0 fully saturated rings. The summed E-state index contributed by atoms with van der Waals surface area (Å²) >= 11 is 0. The summed E-state index contributed by atoms with van der Waals surface area (Å²) in [7, 11) is 0. The molecule has 1 N–H and O–H groups in total. The fraction of sp³-hybridized carbons (Fsp3) is 0.318. The van der Waals surface area contributed by atoms with Crippen LogP contribution < -0.4 is 0 Å². The van der Waals surface area contributed by atoms with Crippen molar-refractivity contribution in [2.45, 2.75) is 40.5 Å². The van der Waals surface area contributed by atoms with Gasteiger partial charge in [-0.05, 0) is 44.4 Å². The summed E-state index contributed by atoms with van der Waals surface area (Å²) in [6, 6.07) is 5.88. The summed E-state index contributed by atoms with van der Waals surface area (Å²) in [4.78, 5) is 39.2. The number of benzene rings is 1. The first-order chi connectivity index (χ1) is 13.3. The number of ketones is 2. The molecule has 0 bridgehead atoms.